The van der Waals surface area contributed by atoms with Crippen LogP contribution in [0.3, 0.4) is 0 Å². The molecule has 0 radical (unpaired) electrons. The van der Waals surface area contributed by atoms with Crippen molar-refractivity contribution in [1.82, 2.24) is 14.7 Å². The number of rotatable bonds is 7. The van der Waals surface area contributed by atoms with Crippen molar-refractivity contribution in [2.24, 2.45) is 0 Å². The number of nitrogens with one attached hydrogen (secondary N) is 1. The molecule has 0 bridgehead atoms. The summed E-state index contributed by atoms with van der Waals surface area (Å²) in [5.74, 6) is -0.377. The smallest absolute Gasteiger partial charge is 0.335 e. The number of nitrogens with zero attached hydrogens (tertiary/aromatic N) is 3. The lowest BCUT2D eigenvalue weighted by atomic mass is 10.1. The van der Waals surface area contributed by atoms with Crippen LogP contribution in [0.2, 0.25) is 0 Å². The molecule has 2 amide bonds. The van der Waals surface area contributed by atoms with Gasteiger partial charge in [-0.15, -0.1) is 0 Å². The van der Waals surface area contributed by atoms with E-state index in [1.165, 1.54) is 17.0 Å². The van der Waals surface area contributed by atoms with Crippen molar-refractivity contribution in [1.29, 1.82) is 0 Å². The summed E-state index contributed by atoms with van der Waals surface area (Å²) in [6.45, 7) is 7.41. The maximum Gasteiger partial charge on any atom is 0.416 e. The molecule has 34 heavy (non-hydrogen) atoms. The number of anilines is 1. The van der Waals surface area contributed by atoms with E-state index in [0.29, 0.717) is 32.7 Å². The summed E-state index contributed by atoms with van der Waals surface area (Å²) in [4.78, 5) is 30.6. The minimum atomic E-state index is -4.33. The zero-order valence-electron chi connectivity index (χ0n) is 19.8. The average molecular weight is 477 g/mol. The number of likely N-dealkylation sites (N-methyl/N-ethyl adjacent to an activating group) is 1. The van der Waals surface area contributed by atoms with Gasteiger partial charge in [0.25, 0.3) is 0 Å². The fraction of sp³-hybridized carbons (Fsp3) is 0.440. The van der Waals surface area contributed by atoms with Crippen molar-refractivity contribution in [3.8, 4) is 0 Å². The first-order valence-corrected chi connectivity index (χ1v) is 11.2. The van der Waals surface area contributed by atoms with Gasteiger partial charge in [0, 0.05) is 45.5 Å². The molecule has 2 aromatic carbocycles. The summed E-state index contributed by atoms with van der Waals surface area (Å²) in [5.41, 5.74) is 2.93. The lowest BCUT2D eigenvalue weighted by Gasteiger charge is -2.35. The van der Waals surface area contributed by atoms with Crippen molar-refractivity contribution in [3.05, 3.63) is 64.7 Å². The summed E-state index contributed by atoms with van der Waals surface area (Å²) in [5, 5.41) is 2.87. The maximum absolute atomic E-state index is 12.7. The third kappa shape index (κ3) is 7.30. The van der Waals surface area contributed by atoms with Crippen LogP contribution in [0, 0.1) is 13.8 Å². The summed E-state index contributed by atoms with van der Waals surface area (Å²) in [6, 6.07) is 11.1. The average Bonchev–Trinajstić information content (AvgIpc) is 2.77. The van der Waals surface area contributed by atoms with Crippen molar-refractivity contribution in [3.63, 3.8) is 0 Å². The van der Waals surface area contributed by atoms with Gasteiger partial charge in [0.15, 0.2) is 0 Å². The number of hydrogen-bond donors (Lipinski definition) is 1. The molecule has 1 saturated heterocycles. The van der Waals surface area contributed by atoms with Gasteiger partial charge in [0.2, 0.25) is 11.8 Å². The van der Waals surface area contributed by atoms with E-state index in [2.05, 4.69) is 10.2 Å². The molecule has 0 aromatic heterocycles. The van der Waals surface area contributed by atoms with Gasteiger partial charge < -0.3 is 10.2 Å². The Morgan fingerprint density at radius 3 is 2.21 bits per heavy atom. The molecular formula is C25H31F3N4O2. The third-order valence-corrected chi connectivity index (χ3v) is 5.98. The molecule has 9 heteroatoms. The molecule has 2 aromatic rings. The lowest BCUT2D eigenvalue weighted by molar-refractivity contribution is -0.137. The van der Waals surface area contributed by atoms with Crippen molar-refractivity contribution < 1.29 is 22.8 Å². The molecular weight excluding hydrogens is 445 g/mol. The first-order chi connectivity index (χ1) is 16.0. The second kappa shape index (κ2) is 11.0. The molecule has 1 aliphatic heterocycles. The number of alkyl halides is 3. The van der Waals surface area contributed by atoms with Crippen LogP contribution in [0.5, 0.6) is 0 Å². The standard InChI is InChI=1S/C25H31F3N4O2/c1-18-4-5-19(2)22(14-18)29-23(33)16-30(3)24(34)17-32-12-10-31(11-13-32)15-20-6-8-21(9-7-20)25(26,27)28/h4-9,14H,10-13,15-17H2,1-3H3,(H,29,33). The molecule has 184 valence electrons. The Balaban J connectivity index is 1.41. The first-order valence-electron chi connectivity index (χ1n) is 11.2. The normalized spacial score (nSPS) is 15.2. The molecule has 0 atom stereocenters. The van der Waals surface area contributed by atoms with E-state index < -0.39 is 11.7 Å². The number of carbonyl (C=O) groups is 2. The fourth-order valence-corrected chi connectivity index (χ4v) is 3.84. The summed E-state index contributed by atoms with van der Waals surface area (Å²) in [7, 11) is 1.62. The maximum atomic E-state index is 12.7. The van der Waals surface area contributed by atoms with E-state index in [1.54, 1.807) is 7.05 Å². The van der Waals surface area contributed by atoms with E-state index in [1.807, 2.05) is 36.9 Å². The highest BCUT2D eigenvalue weighted by Crippen LogP contribution is 2.29. The number of carbonyl (C=O) groups excluding carboxylic acids is 2. The van der Waals surface area contributed by atoms with E-state index in [0.717, 1.165) is 34.5 Å². The molecule has 0 saturated carbocycles. The van der Waals surface area contributed by atoms with E-state index in [9.17, 15) is 22.8 Å². The fourth-order valence-electron chi connectivity index (χ4n) is 3.84. The largest absolute Gasteiger partial charge is 0.416 e. The zero-order chi connectivity index (χ0) is 24.9. The van der Waals surface area contributed by atoms with Crippen molar-refractivity contribution >= 4 is 17.5 Å². The Morgan fingerprint density at radius 2 is 1.59 bits per heavy atom. The molecule has 6 nitrogen and oxygen atoms in total. The molecule has 0 spiro atoms. The highest BCUT2D eigenvalue weighted by Gasteiger charge is 2.30. The van der Waals surface area contributed by atoms with Crippen LogP contribution >= 0.6 is 0 Å². The van der Waals surface area contributed by atoms with Gasteiger partial charge in [-0.2, -0.15) is 13.2 Å². The van der Waals surface area contributed by atoms with Gasteiger partial charge in [0.05, 0.1) is 18.7 Å². The number of halogens is 3. The van der Waals surface area contributed by atoms with E-state index in [-0.39, 0.29) is 24.9 Å². The number of hydrogen-bond acceptors (Lipinski definition) is 4. The number of aryl methyl sites for hydroxylation is 2. The van der Waals surface area contributed by atoms with Crippen LogP contribution < -0.4 is 5.32 Å². The number of amides is 2. The minimum absolute atomic E-state index is 0.0277. The molecule has 3 rings (SSSR count). The Bertz CT molecular complexity index is 1000. The van der Waals surface area contributed by atoms with Gasteiger partial charge in [-0.25, -0.2) is 0 Å². The van der Waals surface area contributed by atoms with Crippen molar-refractivity contribution in [2.75, 3.05) is 51.6 Å². The first kappa shape index (κ1) is 25.7. The van der Waals surface area contributed by atoms with Crippen molar-refractivity contribution in [2.45, 2.75) is 26.6 Å². The van der Waals surface area contributed by atoms with Gasteiger partial charge in [0.1, 0.15) is 0 Å². The van der Waals surface area contributed by atoms with E-state index in [4.69, 9.17) is 0 Å². The summed E-state index contributed by atoms with van der Waals surface area (Å²) >= 11 is 0. The Morgan fingerprint density at radius 1 is 0.971 bits per heavy atom. The zero-order valence-corrected chi connectivity index (χ0v) is 19.8. The predicted octanol–water partition coefficient (Wildman–Crippen LogP) is 3.54. The van der Waals surface area contributed by atoms with Crippen LogP contribution in [0.1, 0.15) is 22.3 Å². The van der Waals surface area contributed by atoms with Gasteiger partial charge in [-0.3, -0.25) is 19.4 Å². The predicted molar refractivity (Wildman–Crippen MR) is 125 cm³/mol. The summed E-state index contributed by atoms with van der Waals surface area (Å²) < 4.78 is 38.1. The van der Waals surface area contributed by atoms with Crippen LogP contribution in [-0.4, -0.2) is 72.8 Å². The topological polar surface area (TPSA) is 55.9 Å². The monoisotopic (exact) mass is 476 g/mol. The molecule has 0 aliphatic carbocycles. The number of benzene rings is 2. The lowest BCUT2D eigenvalue weighted by Crippen LogP contribution is -2.49. The highest BCUT2D eigenvalue weighted by molar-refractivity contribution is 5.95. The van der Waals surface area contributed by atoms with E-state index >= 15 is 0 Å². The second-order valence-electron chi connectivity index (χ2n) is 8.86. The Labute approximate surface area is 198 Å². The minimum Gasteiger partial charge on any atom is -0.335 e. The summed E-state index contributed by atoms with van der Waals surface area (Å²) in [6.07, 6.45) is -4.33. The van der Waals surface area contributed by atoms with Gasteiger partial charge in [-0.05, 0) is 48.7 Å². The Hall–Kier alpha value is -2.91. The molecule has 0 unspecified atom stereocenters. The van der Waals surface area contributed by atoms with Crippen LogP contribution in [0.15, 0.2) is 42.5 Å². The SMILES string of the molecule is Cc1ccc(C)c(NC(=O)CN(C)C(=O)CN2CCN(Cc3ccc(C(F)(F)F)cc3)CC2)c1. The number of piperazine rings is 1. The van der Waals surface area contributed by atoms with Gasteiger partial charge >= 0.3 is 6.18 Å². The molecule has 1 fully saturated rings. The quantitative estimate of drug-likeness (QED) is 0.664. The molecule has 1 N–H and O–H groups in total. The van der Waals surface area contributed by atoms with Crippen LogP contribution in [-0.2, 0) is 22.3 Å². The second-order valence-corrected chi connectivity index (χ2v) is 8.86. The molecule has 1 heterocycles. The third-order valence-electron chi connectivity index (χ3n) is 5.98. The molecule has 1 aliphatic rings. The Kier molecular flexibility index (Phi) is 8.33. The van der Waals surface area contributed by atoms with Gasteiger partial charge in [-0.1, -0.05) is 24.3 Å². The highest BCUT2D eigenvalue weighted by atomic mass is 19.4. The van der Waals surface area contributed by atoms with Crippen LogP contribution in [0.25, 0.3) is 0 Å². The van der Waals surface area contributed by atoms with Crippen LogP contribution in [0.4, 0.5) is 18.9 Å².